The van der Waals surface area contributed by atoms with E-state index >= 15 is 0 Å². The summed E-state index contributed by atoms with van der Waals surface area (Å²) in [6.07, 6.45) is 4.00. The molecule has 0 N–H and O–H groups in total. The molecular weight excluding hydrogens is 246 g/mol. The van der Waals surface area contributed by atoms with Crippen molar-refractivity contribution in [3.8, 4) is 0 Å². The number of pyridine rings is 1. The van der Waals surface area contributed by atoms with Crippen LogP contribution in [-0.2, 0) is 6.54 Å². The van der Waals surface area contributed by atoms with Gasteiger partial charge in [0.15, 0.2) is 0 Å². The molecule has 98 valence electrons. The Balaban J connectivity index is 1.65. The van der Waals surface area contributed by atoms with E-state index in [4.69, 9.17) is 11.6 Å². The molecule has 4 heteroatoms. The molecular formula is C14H20ClN3. The van der Waals surface area contributed by atoms with Crippen LogP contribution in [0.4, 0.5) is 0 Å². The zero-order valence-electron chi connectivity index (χ0n) is 10.7. The van der Waals surface area contributed by atoms with Crippen LogP contribution in [0.25, 0.3) is 0 Å². The molecule has 2 aliphatic rings. The standard InChI is InChI=1S/C14H20ClN3/c15-14-6-1-4-12(16-14)10-17-7-3-9-18-8-2-5-13(18)11-17/h1,4,6,13H,2-3,5,7-11H2. The topological polar surface area (TPSA) is 19.4 Å². The number of nitrogens with zero attached hydrogens (tertiary/aromatic N) is 3. The smallest absolute Gasteiger partial charge is 0.129 e. The molecule has 2 fully saturated rings. The van der Waals surface area contributed by atoms with Crippen molar-refractivity contribution in [1.82, 2.24) is 14.8 Å². The van der Waals surface area contributed by atoms with Crippen LogP contribution in [0.15, 0.2) is 18.2 Å². The second-order valence-electron chi connectivity index (χ2n) is 5.37. The van der Waals surface area contributed by atoms with Crippen LogP contribution in [0.5, 0.6) is 0 Å². The van der Waals surface area contributed by atoms with Gasteiger partial charge in [0.25, 0.3) is 0 Å². The molecule has 1 aromatic rings. The molecule has 1 aromatic heterocycles. The summed E-state index contributed by atoms with van der Waals surface area (Å²) in [7, 11) is 0. The molecule has 0 aliphatic carbocycles. The first-order valence-electron chi connectivity index (χ1n) is 6.89. The average molecular weight is 266 g/mol. The summed E-state index contributed by atoms with van der Waals surface area (Å²) in [5.74, 6) is 0. The largest absolute Gasteiger partial charge is 0.299 e. The van der Waals surface area contributed by atoms with E-state index in [1.165, 1.54) is 45.4 Å². The van der Waals surface area contributed by atoms with Gasteiger partial charge in [0.2, 0.25) is 0 Å². The minimum Gasteiger partial charge on any atom is -0.299 e. The van der Waals surface area contributed by atoms with Gasteiger partial charge in [-0.3, -0.25) is 9.80 Å². The Morgan fingerprint density at radius 3 is 3.00 bits per heavy atom. The number of hydrogen-bond donors (Lipinski definition) is 0. The lowest BCUT2D eigenvalue weighted by molar-refractivity contribution is 0.214. The quantitative estimate of drug-likeness (QED) is 0.766. The molecule has 0 bridgehead atoms. The number of aromatic nitrogens is 1. The summed E-state index contributed by atoms with van der Waals surface area (Å²) >= 11 is 5.95. The molecule has 2 aliphatic heterocycles. The molecule has 2 saturated heterocycles. The Bertz CT molecular complexity index is 410. The van der Waals surface area contributed by atoms with E-state index < -0.39 is 0 Å². The van der Waals surface area contributed by atoms with Gasteiger partial charge in [0, 0.05) is 19.1 Å². The van der Waals surface area contributed by atoms with E-state index in [1.54, 1.807) is 0 Å². The highest BCUT2D eigenvalue weighted by molar-refractivity contribution is 6.29. The molecule has 0 radical (unpaired) electrons. The van der Waals surface area contributed by atoms with E-state index in [0.29, 0.717) is 5.15 Å². The zero-order valence-corrected chi connectivity index (χ0v) is 11.4. The van der Waals surface area contributed by atoms with Crippen molar-refractivity contribution < 1.29 is 0 Å². The van der Waals surface area contributed by atoms with Gasteiger partial charge in [-0.25, -0.2) is 4.98 Å². The average Bonchev–Trinajstić information content (AvgIpc) is 2.69. The normalized spacial score (nSPS) is 25.9. The molecule has 0 saturated carbocycles. The fourth-order valence-electron chi connectivity index (χ4n) is 3.19. The lowest BCUT2D eigenvalue weighted by Crippen LogP contribution is -2.36. The molecule has 3 rings (SSSR count). The second kappa shape index (κ2) is 5.55. The summed E-state index contributed by atoms with van der Waals surface area (Å²) in [5, 5.41) is 0.602. The summed E-state index contributed by atoms with van der Waals surface area (Å²) in [6.45, 7) is 5.87. The second-order valence-corrected chi connectivity index (χ2v) is 5.76. The molecule has 0 spiro atoms. The molecule has 0 aromatic carbocycles. The first-order valence-corrected chi connectivity index (χ1v) is 7.27. The van der Waals surface area contributed by atoms with Crippen molar-refractivity contribution in [2.75, 3.05) is 26.2 Å². The maximum Gasteiger partial charge on any atom is 0.129 e. The summed E-state index contributed by atoms with van der Waals surface area (Å²) < 4.78 is 0. The summed E-state index contributed by atoms with van der Waals surface area (Å²) in [6, 6.07) is 6.67. The van der Waals surface area contributed by atoms with Gasteiger partial charge in [0.05, 0.1) is 5.69 Å². The van der Waals surface area contributed by atoms with Crippen molar-refractivity contribution in [1.29, 1.82) is 0 Å². The number of hydrogen-bond acceptors (Lipinski definition) is 3. The lowest BCUT2D eigenvalue weighted by atomic mass is 10.2. The molecule has 3 nitrogen and oxygen atoms in total. The summed E-state index contributed by atoms with van der Waals surface area (Å²) in [5.41, 5.74) is 1.09. The molecule has 0 amide bonds. The van der Waals surface area contributed by atoms with Gasteiger partial charge in [0.1, 0.15) is 5.15 Å². The summed E-state index contributed by atoms with van der Waals surface area (Å²) in [4.78, 5) is 9.59. The molecule has 1 atom stereocenters. The number of halogens is 1. The Kier molecular flexibility index (Phi) is 3.83. The van der Waals surface area contributed by atoms with E-state index in [9.17, 15) is 0 Å². The van der Waals surface area contributed by atoms with Gasteiger partial charge in [-0.1, -0.05) is 17.7 Å². The Morgan fingerprint density at radius 1 is 1.22 bits per heavy atom. The van der Waals surface area contributed by atoms with Crippen LogP contribution in [0.1, 0.15) is 25.0 Å². The minimum absolute atomic E-state index is 0.602. The number of rotatable bonds is 2. The Labute approximate surface area is 114 Å². The van der Waals surface area contributed by atoms with Crippen molar-refractivity contribution in [2.45, 2.75) is 31.8 Å². The van der Waals surface area contributed by atoms with Crippen LogP contribution in [0.3, 0.4) is 0 Å². The zero-order chi connectivity index (χ0) is 12.4. The highest BCUT2D eigenvalue weighted by Crippen LogP contribution is 2.22. The monoisotopic (exact) mass is 265 g/mol. The van der Waals surface area contributed by atoms with Gasteiger partial charge in [-0.2, -0.15) is 0 Å². The van der Waals surface area contributed by atoms with Crippen molar-refractivity contribution in [3.05, 3.63) is 29.0 Å². The van der Waals surface area contributed by atoms with Gasteiger partial charge in [-0.05, 0) is 51.0 Å². The van der Waals surface area contributed by atoms with Gasteiger partial charge < -0.3 is 0 Å². The third-order valence-electron chi connectivity index (χ3n) is 4.05. The Hall–Kier alpha value is -0.640. The SMILES string of the molecule is Clc1cccc(CN2CCCN3CCCC3C2)n1. The third-order valence-corrected chi connectivity index (χ3v) is 4.26. The van der Waals surface area contributed by atoms with E-state index in [2.05, 4.69) is 20.9 Å². The van der Waals surface area contributed by atoms with E-state index in [0.717, 1.165) is 18.3 Å². The van der Waals surface area contributed by atoms with Crippen LogP contribution < -0.4 is 0 Å². The fourth-order valence-corrected chi connectivity index (χ4v) is 3.38. The van der Waals surface area contributed by atoms with Crippen LogP contribution in [0.2, 0.25) is 5.15 Å². The maximum absolute atomic E-state index is 5.95. The van der Waals surface area contributed by atoms with Crippen LogP contribution >= 0.6 is 11.6 Å². The van der Waals surface area contributed by atoms with Crippen LogP contribution in [-0.4, -0.2) is 47.0 Å². The molecule has 1 unspecified atom stereocenters. The van der Waals surface area contributed by atoms with Crippen molar-refractivity contribution in [3.63, 3.8) is 0 Å². The molecule has 3 heterocycles. The Morgan fingerprint density at radius 2 is 2.11 bits per heavy atom. The van der Waals surface area contributed by atoms with Crippen molar-refractivity contribution in [2.24, 2.45) is 0 Å². The predicted molar refractivity (Wildman–Crippen MR) is 73.7 cm³/mol. The van der Waals surface area contributed by atoms with Gasteiger partial charge in [-0.15, -0.1) is 0 Å². The maximum atomic E-state index is 5.95. The van der Waals surface area contributed by atoms with E-state index in [-0.39, 0.29) is 0 Å². The fraction of sp³-hybridized carbons (Fsp3) is 0.643. The third kappa shape index (κ3) is 2.85. The number of fused-ring (bicyclic) bond motifs is 1. The molecule has 18 heavy (non-hydrogen) atoms. The van der Waals surface area contributed by atoms with Crippen LogP contribution in [0, 0.1) is 0 Å². The first kappa shape index (κ1) is 12.4. The van der Waals surface area contributed by atoms with Gasteiger partial charge >= 0.3 is 0 Å². The highest BCUT2D eigenvalue weighted by Gasteiger charge is 2.28. The highest BCUT2D eigenvalue weighted by atomic mass is 35.5. The van der Waals surface area contributed by atoms with Crippen molar-refractivity contribution >= 4 is 11.6 Å². The predicted octanol–water partition coefficient (Wildman–Crippen LogP) is 2.41. The first-order chi connectivity index (χ1) is 8.81. The minimum atomic E-state index is 0.602. The van der Waals surface area contributed by atoms with E-state index in [1.807, 2.05) is 12.1 Å². The lowest BCUT2D eigenvalue weighted by Gasteiger charge is -2.25.